The molecule has 0 saturated heterocycles. The first-order valence-electron chi connectivity index (χ1n) is 4.43. The number of carbonyl (C=O) groups is 1. The second kappa shape index (κ2) is 3.14. The lowest BCUT2D eigenvalue weighted by molar-refractivity contribution is 0.0698. The fourth-order valence-electron chi connectivity index (χ4n) is 1.42. The molecule has 2 rings (SSSR count). The molecule has 0 aliphatic rings. The summed E-state index contributed by atoms with van der Waals surface area (Å²) in [5.74, 6) is -0.918. The summed E-state index contributed by atoms with van der Waals surface area (Å²) in [6.07, 6.45) is 2.56. The van der Waals surface area contributed by atoms with E-state index < -0.39 is 5.97 Å². The summed E-state index contributed by atoms with van der Waals surface area (Å²) in [5.41, 5.74) is 1.84. The van der Waals surface area contributed by atoms with Crippen LogP contribution in [0.2, 0.25) is 0 Å². The van der Waals surface area contributed by atoms with E-state index in [0.29, 0.717) is 11.1 Å². The van der Waals surface area contributed by atoms with E-state index in [2.05, 4.69) is 5.10 Å². The monoisotopic (exact) mass is 190 g/mol. The van der Waals surface area contributed by atoms with Crippen LogP contribution in [-0.4, -0.2) is 20.7 Å². The zero-order valence-corrected chi connectivity index (χ0v) is 7.77. The Morgan fingerprint density at radius 1 is 1.64 bits per heavy atom. The first-order valence-corrected chi connectivity index (χ1v) is 4.43. The largest absolute Gasteiger partial charge is 0.478 e. The number of pyridine rings is 1. The zero-order valence-electron chi connectivity index (χ0n) is 7.77. The lowest BCUT2D eigenvalue weighted by atomic mass is 10.2. The van der Waals surface area contributed by atoms with Crippen molar-refractivity contribution in [2.45, 2.75) is 13.3 Å². The van der Waals surface area contributed by atoms with Gasteiger partial charge < -0.3 is 5.11 Å². The molecule has 0 amide bonds. The van der Waals surface area contributed by atoms with Gasteiger partial charge >= 0.3 is 5.97 Å². The van der Waals surface area contributed by atoms with Crippen molar-refractivity contribution in [2.24, 2.45) is 0 Å². The van der Waals surface area contributed by atoms with E-state index in [0.717, 1.165) is 12.1 Å². The van der Waals surface area contributed by atoms with Crippen LogP contribution in [0.5, 0.6) is 0 Å². The quantitative estimate of drug-likeness (QED) is 0.782. The summed E-state index contributed by atoms with van der Waals surface area (Å²) in [5, 5.41) is 13.2. The normalized spacial score (nSPS) is 10.6. The second-order valence-corrected chi connectivity index (χ2v) is 3.05. The molecule has 4 heteroatoms. The first kappa shape index (κ1) is 8.74. The van der Waals surface area contributed by atoms with Crippen molar-refractivity contribution in [3.63, 3.8) is 0 Å². The highest BCUT2D eigenvalue weighted by atomic mass is 16.4. The first-order chi connectivity index (χ1) is 6.72. The number of hydrogen-bond donors (Lipinski definition) is 1. The fourth-order valence-corrected chi connectivity index (χ4v) is 1.42. The SMILES string of the molecule is CCc1cc2c(C(=O)O)cccn2n1. The predicted octanol–water partition coefficient (Wildman–Crippen LogP) is 1.59. The molecule has 2 aromatic heterocycles. The van der Waals surface area contributed by atoms with Gasteiger partial charge in [-0.25, -0.2) is 9.31 Å². The molecule has 0 saturated carbocycles. The van der Waals surface area contributed by atoms with Crippen LogP contribution in [-0.2, 0) is 6.42 Å². The highest BCUT2D eigenvalue weighted by Gasteiger charge is 2.09. The average molecular weight is 190 g/mol. The molecule has 0 aromatic carbocycles. The van der Waals surface area contributed by atoms with Gasteiger partial charge in [0, 0.05) is 6.20 Å². The maximum absolute atomic E-state index is 10.9. The number of nitrogens with zero attached hydrogens (tertiary/aromatic N) is 2. The van der Waals surface area contributed by atoms with Crippen LogP contribution >= 0.6 is 0 Å². The Labute approximate surface area is 80.8 Å². The minimum absolute atomic E-state index is 0.291. The van der Waals surface area contributed by atoms with Crippen molar-refractivity contribution in [1.29, 1.82) is 0 Å². The van der Waals surface area contributed by atoms with Crippen LogP contribution in [0.4, 0.5) is 0 Å². The summed E-state index contributed by atoms with van der Waals surface area (Å²) in [7, 11) is 0. The topological polar surface area (TPSA) is 54.6 Å². The molecule has 1 N–H and O–H groups in total. The molecule has 0 aliphatic carbocycles. The van der Waals surface area contributed by atoms with Crippen LogP contribution in [0.1, 0.15) is 23.0 Å². The molecule has 2 aromatic rings. The maximum Gasteiger partial charge on any atom is 0.337 e. The second-order valence-electron chi connectivity index (χ2n) is 3.05. The number of aromatic carboxylic acids is 1. The molecular weight excluding hydrogens is 180 g/mol. The lowest BCUT2D eigenvalue weighted by Gasteiger charge is -1.96. The van der Waals surface area contributed by atoms with E-state index in [-0.39, 0.29) is 0 Å². The van der Waals surface area contributed by atoms with Crippen molar-refractivity contribution < 1.29 is 9.90 Å². The number of hydrogen-bond acceptors (Lipinski definition) is 2. The van der Waals surface area contributed by atoms with Gasteiger partial charge in [0.15, 0.2) is 0 Å². The number of aromatic nitrogens is 2. The third kappa shape index (κ3) is 1.25. The van der Waals surface area contributed by atoms with Gasteiger partial charge in [-0.15, -0.1) is 0 Å². The minimum atomic E-state index is -0.918. The van der Waals surface area contributed by atoms with E-state index >= 15 is 0 Å². The van der Waals surface area contributed by atoms with E-state index in [9.17, 15) is 4.79 Å². The van der Waals surface area contributed by atoms with Crippen LogP contribution in [0, 0.1) is 0 Å². The van der Waals surface area contributed by atoms with E-state index in [1.165, 1.54) is 0 Å². The van der Waals surface area contributed by atoms with Crippen LogP contribution < -0.4 is 0 Å². The van der Waals surface area contributed by atoms with Gasteiger partial charge in [-0.3, -0.25) is 0 Å². The third-order valence-corrected chi connectivity index (χ3v) is 2.15. The number of rotatable bonds is 2. The predicted molar refractivity (Wildman–Crippen MR) is 51.5 cm³/mol. The van der Waals surface area contributed by atoms with Crippen molar-refractivity contribution >= 4 is 11.5 Å². The summed E-state index contributed by atoms with van der Waals surface area (Å²) >= 11 is 0. The Morgan fingerprint density at radius 3 is 3.07 bits per heavy atom. The Kier molecular flexibility index (Phi) is 1.96. The molecule has 0 aliphatic heterocycles. The van der Waals surface area contributed by atoms with Crippen molar-refractivity contribution in [3.8, 4) is 0 Å². The van der Waals surface area contributed by atoms with Gasteiger partial charge in [-0.1, -0.05) is 6.92 Å². The van der Waals surface area contributed by atoms with Crippen LogP contribution in [0.3, 0.4) is 0 Å². The van der Waals surface area contributed by atoms with Crippen LogP contribution in [0.15, 0.2) is 24.4 Å². The van der Waals surface area contributed by atoms with Crippen molar-refractivity contribution in [3.05, 3.63) is 35.7 Å². The van der Waals surface area contributed by atoms with Gasteiger partial charge in [-0.05, 0) is 24.6 Å². The van der Waals surface area contributed by atoms with E-state index in [1.54, 1.807) is 22.8 Å². The van der Waals surface area contributed by atoms with Crippen molar-refractivity contribution in [2.75, 3.05) is 0 Å². The maximum atomic E-state index is 10.9. The summed E-state index contributed by atoms with van der Waals surface area (Å²) < 4.78 is 1.60. The molecule has 2 heterocycles. The number of aryl methyl sites for hydroxylation is 1. The summed E-state index contributed by atoms with van der Waals surface area (Å²) in [6, 6.07) is 5.07. The van der Waals surface area contributed by atoms with E-state index in [4.69, 9.17) is 5.11 Å². The molecule has 4 nitrogen and oxygen atoms in total. The average Bonchev–Trinajstić information content (AvgIpc) is 2.59. The Balaban J connectivity index is 2.73. The van der Waals surface area contributed by atoms with E-state index in [1.807, 2.05) is 13.0 Å². The van der Waals surface area contributed by atoms with Gasteiger partial charge in [0.1, 0.15) is 0 Å². The summed E-state index contributed by atoms with van der Waals surface area (Å²) in [4.78, 5) is 10.9. The van der Waals surface area contributed by atoms with Gasteiger partial charge in [0.25, 0.3) is 0 Å². The highest BCUT2D eigenvalue weighted by molar-refractivity contribution is 5.95. The van der Waals surface area contributed by atoms with Gasteiger partial charge in [0.05, 0.1) is 16.8 Å². The molecular formula is C10H10N2O2. The number of carboxylic acids is 1. The molecule has 0 atom stereocenters. The highest BCUT2D eigenvalue weighted by Crippen LogP contribution is 2.12. The Bertz CT molecular complexity index is 488. The zero-order chi connectivity index (χ0) is 10.1. The third-order valence-electron chi connectivity index (χ3n) is 2.15. The molecule has 14 heavy (non-hydrogen) atoms. The Hall–Kier alpha value is -1.84. The smallest absolute Gasteiger partial charge is 0.337 e. The summed E-state index contributed by atoms with van der Waals surface area (Å²) in [6.45, 7) is 1.99. The lowest BCUT2D eigenvalue weighted by Crippen LogP contribution is -1.99. The van der Waals surface area contributed by atoms with Gasteiger partial charge in [0.2, 0.25) is 0 Å². The molecule has 0 radical (unpaired) electrons. The molecule has 0 bridgehead atoms. The van der Waals surface area contributed by atoms with Crippen LogP contribution in [0.25, 0.3) is 5.52 Å². The number of fused-ring (bicyclic) bond motifs is 1. The standard InChI is InChI=1S/C10H10N2O2/c1-2-7-6-9-8(10(13)14)4-3-5-12(9)11-7/h3-6H,2H2,1H3,(H,13,14). The van der Waals surface area contributed by atoms with Gasteiger partial charge in [-0.2, -0.15) is 5.10 Å². The molecule has 0 fully saturated rings. The molecule has 0 unspecified atom stereocenters. The van der Waals surface area contributed by atoms with Crippen molar-refractivity contribution in [1.82, 2.24) is 9.61 Å². The molecule has 0 spiro atoms. The fraction of sp³-hybridized carbons (Fsp3) is 0.200. The Morgan fingerprint density at radius 2 is 2.43 bits per heavy atom. The number of carboxylic acid groups (broad SMARTS) is 1. The molecule has 72 valence electrons. The minimum Gasteiger partial charge on any atom is -0.478 e.